The topological polar surface area (TPSA) is 43.6 Å². The van der Waals surface area contributed by atoms with Gasteiger partial charge in [0.05, 0.1) is 11.0 Å². The Bertz CT molecular complexity index is 1820. The number of aromatic nitrogens is 4. The lowest BCUT2D eigenvalue weighted by molar-refractivity contribution is 1.08. The van der Waals surface area contributed by atoms with Gasteiger partial charge in [-0.15, -0.1) is 0 Å². The average Bonchev–Trinajstić information content (AvgIpc) is 3.28. The highest BCUT2D eigenvalue weighted by molar-refractivity contribution is 6.21. The summed E-state index contributed by atoms with van der Waals surface area (Å²) in [7, 11) is 0. The molecule has 3 aromatic carbocycles. The predicted molar refractivity (Wildman–Crippen MR) is 143 cm³/mol. The fraction of sp³-hybridized carbons (Fsp3) is 0. The molecular formula is C31H20N4. The summed E-state index contributed by atoms with van der Waals surface area (Å²) in [6.45, 7) is 0. The Balaban J connectivity index is 1.51. The van der Waals surface area contributed by atoms with Crippen molar-refractivity contribution >= 4 is 32.6 Å². The highest BCUT2D eigenvalue weighted by atomic mass is 15.1. The van der Waals surface area contributed by atoms with Crippen LogP contribution in [0.25, 0.3) is 60.6 Å². The minimum absolute atomic E-state index is 0.891. The van der Waals surface area contributed by atoms with Crippen molar-refractivity contribution < 1.29 is 0 Å². The molecule has 4 nitrogen and oxygen atoms in total. The molecule has 0 amide bonds. The standard InChI is InChI=1S/C31H20N4/c1-2-8-26-21(5-1)9-13-29-31(26)27-17-22(23-6-3-15-32-18-23)10-12-28(27)35(29)30-14-11-25(20-34-30)24-7-4-16-33-19-24/h1-20H. The molecule has 164 valence electrons. The van der Waals surface area contributed by atoms with Gasteiger partial charge in [0.25, 0.3) is 0 Å². The Morgan fingerprint density at radius 2 is 1.23 bits per heavy atom. The van der Waals surface area contributed by atoms with E-state index in [-0.39, 0.29) is 0 Å². The maximum atomic E-state index is 4.88. The van der Waals surface area contributed by atoms with Gasteiger partial charge in [-0.25, -0.2) is 4.98 Å². The van der Waals surface area contributed by atoms with E-state index in [1.54, 1.807) is 6.20 Å². The van der Waals surface area contributed by atoms with Crippen LogP contribution in [0.4, 0.5) is 0 Å². The smallest absolute Gasteiger partial charge is 0.137 e. The summed E-state index contributed by atoms with van der Waals surface area (Å²) in [6, 6.07) is 31.9. The molecule has 0 unspecified atom stereocenters. The van der Waals surface area contributed by atoms with Gasteiger partial charge >= 0.3 is 0 Å². The maximum Gasteiger partial charge on any atom is 0.137 e. The van der Waals surface area contributed by atoms with E-state index in [1.165, 1.54) is 21.5 Å². The van der Waals surface area contributed by atoms with Gasteiger partial charge < -0.3 is 0 Å². The number of rotatable bonds is 3. The minimum atomic E-state index is 0.891. The van der Waals surface area contributed by atoms with E-state index in [0.717, 1.165) is 39.1 Å². The molecule has 0 saturated heterocycles. The molecule has 4 aromatic heterocycles. The highest BCUT2D eigenvalue weighted by Crippen LogP contribution is 2.38. The molecule has 4 heteroatoms. The fourth-order valence-electron chi connectivity index (χ4n) is 4.97. The second-order valence-electron chi connectivity index (χ2n) is 8.64. The van der Waals surface area contributed by atoms with Crippen LogP contribution in [0.2, 0.25) is 0 Å². The summed E-state index contributed by atoms with van der Waals surface area (Å²) in [5.41, 5.74) is 6.63. The number of fused-ring (bicyclic) bond motifs is 5. The van der Waals surface area contributed by atoms with Crippen LogP contribution in [0.1, 0.15) is 0 Å². The van der Waals surface area contributed by atoms with E-state index in [4.69, 9.17) is 4.98 Å². The number of benzene rings is 3. The van der Waals surface area contributed by atoms with Crippen LogP contribution in [-0.2, 0) is 0 Å². The third kappa shape index (κ3) is 3.19. The number of pyridine rings is 3. The molecule has 0 fully saturated rings. The summed E-state index contributed by atoms with van der Waals surface area (Å²) in [5.74, 6) is 0.891. The van der Waals surface area contributed by atoms with Crippen LogP contribution < -0.4 is 0 Å². The molecule has 7 aromatic rings. The molecule has 4 heterocycles. The number of hydrogen-bond donors (Lipinski definition) is 0. The van der Waals surface area contributed by atoms with Crippen LogP contribution in [0.3, 0.4) is 0 Å². The van der Waals surface area contributed by atoms with Gasteiger partial charge in [0.15, 0.2) is 0 Å². The van der Waals surface area contributed by atoms with E-state index in [1.807, 2.05) is 36.9 Å². The van der Waals surface area contributed by atoms with Crippen molar-refractivity contribution in [3.05, 3.63) is 122 Å². The van der Waals surface area contributed by atoms with E-state index >= 15 is 0 Å². The van der Waals surface area contributed by atoms with E-state index in [9.17, 15) is 0 Å². The van der Waals surface area contributed by atoms with Crippen molar-refractivity contribution in [3.8, 4) is 28.1 Å². The Kier molecular flexibility index (Phi) is 4.42. The number of hydrogen-bond acceptors (Lipinski definition) is 3. The van der Waals surface area contributed by atoms with Gasteiger partial charge in [-0.1, -0.05) is 48.5 Å². The first-order valence-corrected chi connectivity index (χ1v) is 11.6. The van der Waals surface area contributed by atoms with Crippen molar-refractivity contribution in [2.24, 2.45) is 0 Å². The highest BCUT2D eigenvalue weighted by Gasteiger charge is 2.16. The van der Waals surface area contributed by atoms with Gasteiger partial charge in [-0.05, 0) is 58.8 Å². The second-order valence-corrected chi connectivity index (χ2v) is 8.64. The fourth-order valence-corrected chi connectivity index (χ4v) is 4.97. The molecule has 0 aliphatic heterocycles. The zero-order valence-electron chi connectivity index (χ0n) is 18.8. The normalized spacial score (nSPS) is 11.4. The first kappa shape index (κ1) is 19.6. The van der Waals surface area contributed by atoms with Crippen LogP contribution in [0.15, 0.2) is 122 Å². The molecule has 0 spiro atoms. The molecular weight excluding hydrogens is 428 g/mol. The lowest BCUT2D eigenvalue weighted by Crippen LogP contribution is -1.97. The molecule has 0 saturated carbocycles. The first-order valence-electron chi connectivity index (χ1n) is 11.6. The van der Waals surface area contributed by atoms with Crippen molar-refractivity contribution in [2.45, 2.75) is 0 Å². The molecule has 0 atom stereocenters. The summed E-state index contributed by atoms with van der Waals surface area (Å²) in [4.78, 5) is 13.4. The molecule has 0 aliphatic carbocycles. The lowest BCUT2D eigenvalue weighted by Gasteiger charge is -2.09. The Morgan fingerprint density at radius 1 is 0.514 bits per heavy atom. The third-order valence-electron chi connectivity index (χ3n) is 6.62. The van der Waals surface area contributed by atoms with Crippen LogP contribution >= 0.6 is 0 Å². The second kappa shape index (κ2) is 7.89. The average molecular weight is 449 g/mol. The van der Waals surface area contributed by atoms with Crippen molar-refractivity contribution in [3.63, 3.8) is 0 Å². The van der Waals surface area contributed by atoms with Gasteiger partial charge in [-0.2, -0.15) is 0 Å². The first-order chi connectivity index (χ1) is 17.4. The van der Waals surface area contributed by atoms with Crippen LogP contribution in [-0.4, -0.2) is 19.5 Å². The van der Waals surface area contributed by atoms with Crippen molar-refractivity contribution in [2.75, 3.05) is 0 Å². The molecule has 0 N–H and O–H groups in total. The molecule has 0 bridgehead atoms. The minimum Gasteiger partial charge on any atom is -0.294 e. The largest absolute Gasteiger partial charge is 0.294 e. The van der Waals surface area contributed by atoms with Crippen LogP contribution in [0, 0.1) is 0 Å². The SMILES string of the molecule is c1cncc(-c2ccc(-n3c4ccc(-c5cccnc5)cc4c4c5ccccc5ccc43)nc2)c1. The molecule has 0 aliphatic rings. The molecule has 0 radical (unpaired) electrons. The summed E-state index contributed by atoms with van der Waals surface area (Å²) in [5, 5.41) is 4.91. The quantitative estimate of drug-likeness (QED) is 0.282. The van der Waals surface area contributed by atoms with Gasteiger partial charge in [0.2, 0.25) is 0 Å². The summed E-state index contributed by atoms with van der Waals surface area (Å²) >= 11 is 0. The zero-order valence-corrected chi connectivity index (χ0v) is 18.8. The van der Waals surface area contributed by atoms with Crippen LogP contribution in [0.5, 0.6) is 0 Å². The van der Waals surface area contributed by atoms with Crippen molar-refractivity contribution in [1.29, 1.82) is 0 Å². The Morgan fingerprint density at radius 3 is 1.97 bits per heavy atom. The summed E-state index contributed by atoms with van der Waals surface area (Å²) < 4.78 is 2.26. The van der Waals surface area contributed by atoms with Crippen molar-refractivity contribution in [1.82, 2.24) is 19.5 Å². The lowest BCUT2D eigenvalue weighted by atomic mass is 10.0. The predicted octanol–water partition coefficient (Wildman–Crippen LogP) is 7.46. The number of nitrogens with zero attached hydrogens (tertiary/aromatic N) is 4. The maximum absolute atomic E-state index is 4.88. The summed E-state index contributed by atoms with van der Waals surface area (Å²) in [6.07, 6.45) is 9.30. The van der Waals surface area contributed by atoms with Gasteiger partial charge in [0, 0.05) is 58.4 Å². The van der Waals surface area contributed by atoms with E-state index in [2.05, 4.69) is 93.4 Å². The molecule has 7 rings (SSSR count). The monoisotopic (exact) mass is 448 g/mol. The van der Waals surface area contributed by atoms with Gasteiger partial charge in [0.1, 0.15) is 5.82 Å². The third-order valence-corrected chi connectivity index (χ3v) is 6.62. The molecule has 35 heavy (non-hydrogen) atoms. The van der Waals surface area contributed by atoms with Gasteiger partial charge in [-0.3, -0.25) is 14.5 Å². The van der Waals surface area contributed by atoms with E-state index in [0.29, 0.717) is 0 Å². The Labute approximate surface area is 202 Å². The Hall–Kier alpha value is -4.83. The zero-order chi connectivity index (χ0) is 23.2. The van der Waals surface area contributed by atoms with E-state index < -0.39 is 0 Å².